The van der Waals surface area contributed by atoms with Crippen LogP contribution in [0.15, 0.2) is 36.5 Å². The summed E-state index contributed by atoms with van der Waals surface area (Å²) in [5, 5.41) is 0. The van der Waals surface area contributed by atoms with Crippen LogP contribution in [0.5, 0.6) is 0 Å². The summed E-state index contributed by atoms with van der Waals surface area (Å²) in [6.45, 7) is 5.55. The SMILES string of the molecule is Cc1nccc(N(CCCN)c2ccccc2C)n1. The molecule has 0 aliphatic carbocycles. The van der Waals surface area contributed by atoms with Crippen molar-refractivity contribution in [1.82, 2.24) is 9.97 Å². The fourth-order valence-electron chi connectivity index (χ4n) is 2.07. The maximum absolute atomic E-state index is 5.64. The molecule has 0 saturated heterocycles. The first kappa shape index (κ1) is 13.5. The van der Waals surface area contributed by atoms with Crippen LogP contribution in [-0.4, -0.2) is 23.1 Å². The molecule has 0 fully saturated rings. The molecule has 0 saturated carbocycles. The predicted octanol–water partition coefficient (Wildman–Crippen LogP) is 2.58. The summed E-state index contributed by atoms with van der Waals surface area (Å²) in [4.78, 5) is 10.9. The summed E-state index contributed by atoms with van der Waals surface area (Å²) >= 11 is 0. The van der Waals surface area contributed by atoms with Gasteiger partial charge in [-0.15, -0.1) is 0 Å². The molecule has 100 valence electrons. The number of anilines is 2. The van der Waals surface area contributed by atoms with Crippen molar-refractivity contribution in [1.29, 1.82) is 0 Å². The Morgan fingerprint density at radius 2 is 1.95 bits per heavy atom. The van der Waals surface area contributed by atoms with E-state index >= 15 is 0 Å². The topological polar surface area (TPSA) is 55.0 Å². The molecule has 0 spiro atoms. The van der Waals surface area contributed by atoms with Crippen molar-refractivity contribution in [3.05, 3.63) is 47.9 Å². The molecule has 0 aliphatic heterocycles. The maximum Gasteiger partial charge on any atom is 0.136 e. The van der Waals surface area contributed by atoms with E-state index in [1.54, 1.807) is 6.20 Å². The van der Waals surface area contributed by atoms with Gasteiger partial charge in [-0.05, 0) is 44.5 Å². The van der Waals surface area contributed by atoms with Crippen molar-refractivity contribution in [3.8, 4) is 0 Å². The van der Waals surface area contributed by atoms with E-state index in [0.29, 0.717) is 6.54 Å². The zero-order valence-corrected chi connectivity index (χ0v) is 11.5. The van der Waals surface area contributed by atoms with Crippen molar-refractivity contribution < 1.29 is 0 Å². The zero-order chi connectivity index (χ0) is 13.7. The number of rotatable bonds is 5. The molecule has 19 heavy (non-hydrogen) atoms. The van der Waals surface area contributed by atoms with Gasteiger partial charge in [0.05, 0.1) is 0 Å². The normalized spacial score (nSPS) is 10.5. The third kappa shape index (κ3) is 3.29. The lowest BCUT2D eigenvalue weighted by molar-refractivity contribution is 0.804. The second-order valence-electron chi connectivity index (χ2n) is 4.54. The predicted molar refractivity (Wildman–Crippen MR) is 78.6 cm³/mol. The van der Waals surface area contributed by atoms with Gasteiger partial charge in [-0.3, -0.25) is 0 Å². The van der Waals surface area contributed by atoms with Crippen molar-refractivity contribution in [2.45, 2.75) is 20.3 Å². The molecular weight excluding hydrogens is 236 g/mol. The van der Waals surface area contributed by atoms with E-state index in [1.807, 2.05) is 25.1 Å². The maximum atomic E-state index is 5.64. The molecule has 0 aliphatic rings. The van der Waals surface area contributed by atoms with E-state index in [-0.39, 0.29) is 0 Å². The summed E-state index contributed by atoms with van der Waals surface area (Å²) in [7, 11) is 0. The van der Waals surface area contributed by atoms with Crippen LogP contribution in [0.3, 0.4) is 0 Å². The van der Waals surface area contributed by atoms with Gasteiger partial charge in [-0.25, -0.2) is 9.97 Å². The average molecular weight is 256 g/mol. The lowest BCUT2D eigenvalue weighted by Gasteiger charge is -2.25. The van der Waals surface area contributed by atoms with Crippen LogP contribution in [0.2, 0.25) is 0 Å². The molecular formula is C15H20N4. The Morgan fingerprint density at radius 3 is 2.63 bits per heavy atom. The van der Waals surface area contributed by atoms with Gasteiger partial charge in [0.1, 0.15) is 11.6 Å². The Kier molecular flexibility index (Phi) is 4.47. The first-order valence-corrected chi connectivity index (χ1v) is 6.55. The first-order chi connectivity index (χ1) is 9.22. The van der Waals surface area contributed by atoms with Gasteiger partial charge in [-0.2, -0.15) is 0 Å². The van der Waals surface area contributed by atoms with E-state index < -0.39 is 0 Å². The molecule has 2 aromatic rings. The van der Waals surface area contributed by atoms with Crippen LogP contribution >= 0.6 is 0 Å². The Bertz CT molecular complexity index is 539. The van der Waals surface area contributed by atoms with Crippen molar-refractivity contribution in [2.75, 3.05) is 18.0 Å². The molecule has 0 unspecified atom stereocenters. The molecule has 1 aromatic carbocycles. The van der Waals surface area contributed by atoms with E-state index in [1.165, 1.54) is 11.3 Å². The van der Waals surface area contributed by atoms with Gasteiger partial charge in [0.15, 0.2) is 0 Å². The minimum absolute atomic E-state index is 0.673. The van der Waals surface area contributed by atoms with Gasteiger partial charge in [-0.1, -0.05) is 18.2 Å². The summed E-state index contributed by atoms with van der Waals surface area (Å²) in [6, 6.07) is 10.3. The zero-order valence-electron chi connectivity index (χ0n) is 11.5. The molecule has 2 N–H and O–H groups in total. The largest absolute Gasteiger partial charge is 0.330 e. The Hall–Kier alpha value is -1.94. The van der Waals surface area contributed by atoms with Gasteiger partial charge < -0.3 is 10.6 Å². The van der Waals surface area contributed by atoms with E-state index in [2.05, 4.69) is 33.9 Å². The number of para-hydroxylation sites is 1. The summed E-state index contributed by atoms with van der Waals surface area (Å²) in [5.41, 5.74) is 8.05. The highest BCUT2D eigenvalue weighted by Gasteiger charge is 2.12. The number of benzene rings is 1. The van der Waals surface area contributed by atoms with E-state index in [4.69, 9.17) is 5.73 Å². The van der Waals surface area contributed by atoms with Gasteiger partial charge >= 0.3 is 0 Å². The van der Waals surface area contributed by atoms with Crippen molar-refractivity contribution in [2.24, 2.45) is 5.73 Å². The molecule has 0 bridgehead atoms. The quantitative estimate of drug-likeness (QED) is 0.893. The Labute approximate surface area is 114 Å². The van der Waals surface area contributed by atoms with Crippen LogP contribution in [0.4, 0.5) is 11.5 Å². The fraction of sp³-hybridized carbons (Fsp3) is 0.333. The lowest BCUT2D eigenvalue weighted by Crippen LogP contribution is -2.23. The second kappa shape index (κ2) is 6.29. The number of nitrogens with two attached hydrogens (primary N) is 1. The monoisotopic (exact) mass is 256 g/mol. The van der Waals surface area contributed by atoms with Crippen LogP contribution in [0, 0.1) is 13.8 Å². The second-order valence-corrected chi connectivity index (χ2v) is 4.54. The number of aromatic nitrogens is 2. The van der Waals surface area contributed by atoms with Gasteiger partial charge in [0.2, 0.25) is 0 Å². The summed E-state index contributed by atoms with van der Waals surface area (Å²) in [6.07, 6.45) is 2.72. The van der Waals surface area contributed by atoms with Crippen LogP contribution < -0.4 is 10.6 Å². The van der Waals surface area contributed by atoms with Crippen LogP contribution in [0.1, 0.15) is 17.8 Å². The first-order valence-electron chi connectivity index (χ1n) is 6.55. The Morgan fingerprint density at radius 1 is 1.16 bits per heavy atom. The average Bonchev–Trinajstić information content (AvgIpc) is 2.41. The molecule has 4 heteroatoms. The van der Waals surface area contributed by atoms with Crippen molar-refractivity contribution in [3.63, 3.8) is 0 Å². The van der Waals surface area contributed by atoms with E-state index in [9.17, 15) is 0 Å². The Balaban J connectivity index is 2.38. The fourth-order valence-corrected chi connectivity index (χ4v) is 2.07. The minimum Gasteiger partial charge on any atom is -0.330 e. The van der Waals surface area contributed by atoms with Crippen LogP contribution in [0.25, 0.3) is 0 Å². The number of hydrogen-bond donors (Lipinski definition) is 1. The van der Waals surface area contributed by atoms with Crippen molar-refractivity contribution >= 4 is 11.5 Å². The third-order valence-corrected chi connectivity index (χ3v) is 3.03. The smallest absolute Gasteiger partial charge is 0.136 e. The molecule has 1 heterocycles. The highest BCUT2D eigenvalue weighted by molar-refractivity contribution is 5.63. The summed E-state index contributed by atoms with van der Waals surface area (Å²) < 4.78 is 0. The molecule has 0 amide bonds. The minimum atomic E-state index is 0.673. The summed E-state index contributed by atoms with van der Waals surface area (Å²) in [5.74, 6) is 1.71. The molecule has 2 rings (SSSR count). The molecule has 1 aromatic heterocycles. The molecule has 0 radical (unpaired) electrons. The van der Waals surface area contributed by atoms with Gasteiger partial charge in [0.25, 0.3) is 0 Å². The number of hydrogen-bond acceptors (Lipinski definition) is 4. The van der Waals surface area contributed by atoms with E-state index in [0.717, 1.165) is 24.6 Å². The lowest BCUT2D eigenvalue weighted by atomic mass is 10.1. The molecule has 4 nitrogen and oxygen atoms in total. The standard InChI is InChI=1S/C15H20N4/c1-12-6-3-4-7-14(12)19(11-5-9-16)15-8-10-17-13(2)18-15/h3-4,6-8,10H,5,9,11,16H2,1-2H3. The third-order valence-electron chi connectivity index (χ3n) is 3.03. The highest BCUT2D eigenvalue weighted by Crippen LogP contribution is 2.26. The highest BCUT2D eigenvalue weighted by atomic mass is 15.2. The number of aryl methyl sites for hydroxylation is 2. The van der Waals surface area contributed by atoms with Crippen LogP contribution in [-0.2, 0) is 0 Å². The van der Waals surface area contributed by atoms with Gasteiger partial charge in [0, 0.05) is 18.4 Å². The molecule has 0 atom stereocenters. The number of nitrogens with zero attached hydrogens (tertiary/aromatic N) is 3.